The molecule has 2 aromatic heterocycles. The van der Waals surface area contributed by atoms with Crippen LogP contribution in [0.1, 0.15) is 0 Å². The molecule has 3 N–H and O–H groups in total. The fraction of sp³-hybridized carbons (Fsp3) is 0.100. The van der Waals surface area contributed by atoms with Crippen LogP contribution in [0.2, 0.25) is 0 Å². The molecule has 0 saturated carbocycles. The van der Waals surface area contributed by atoms with E-state index in [0.29, 0.717) is 0 Å². The standard InChI is InChI=1S/C10H10N2.C9H7N.CH5N/c1-11-9-4-5-10-8(7-9)3-2-6-12-10;1-2-4-9-7-10-6-5-8(9)3-1;1-2/h2-7,11H,1H3;1-7H;2H2,1H3. The van der Waals surface area contributed by atoms with Crippen LogP contribution < -0.4 is 11.1 Å². The van der Waals surface area contributed by atoms with Crippen LogP contribution in [0, 0.1) is 0 Å². The van der Waals surface area contributed by atoms with Crippen molar-refractivity contribution in [2.75, 3.05) is 19.4 Å². The highest BCUT2D eigenvalue weighted by Crippen LogP contribution is 2.15. The highest BCUT2D eigenvalue weighted by molar-refractivity contribution is 5.82. The first-order valence-corrected chi connectivity index (χ1v) is 7.76. The van der Waals surface area contributed by atoms with E-state index < -0.39 is 0 Å². The molecule has 2 aromatic carbocycles. The van der Waals surface area contributed by atoms with Crippen molar-refractivity contribution >= 4 is 27.4 Å². The molecule has 0 aliphatic heterocycles. The van der Waals surface area contributed by atoms with Crippen molar-refractivity contribution in [3.63, 3.8) is 0 Å². The predicted molar refractivity (Wildman–Crippen MR) is 103 cm³/mol. The van der Waals surface area contributed by atoms with E-state index >= 15 is 0 Å². The summed E-state index contributed by atoms with van der Waals surface area (Å²) in [7, 11) is 3.41. The number of aromatic nitrogens is 2. The third kappa shape index (κ3) is 4.51. The summed E-state index contributed by atoms with van der Waals surface area (Å²) >= 11 is 0. The summed E-state index contributed by atoms with van der Waals surface area (Å²) in [6, 6.07) is 20.3. The summed E-state index contributed by atoms with van der Waals surface area (Å²) in [6.45, 7) is 0. The molecule has 0 unspecified atom stereocenters. The van der Waals surface area contributed by atoms with Gasteiger partial charge in [-0.3, -0.25) is 9.97 Å². The maximum absolute atomic E-state index is 4.50. The zero-order chi connectivity index (χ0) is 17.2. The van der Waals surface area contributed by atoms with Crippen molar-refractivity contribution in [1.29, 1.82) is 0 Å². The van der Waals surface area contributed by atoms with Gasteiger partial charge in [0.15, 0.2) is 0 Å². The SMILES string of the molecule is CN.CNc1ccc2ncccc2c1.c1ccc2cnccc2c1. The van der Waals surface area contributed by atoms with E-state index in [-0.39, 0.29) is 0 Å². The maximum Gasteiger partial charge on any atom is 0.0703 e. The topological polar surface area (TPSA) is 63.8 Å². The molecule has 0 fully saturated rings. The summed E-state index contributed by atoms with van der Waals surface area (Å²) in [5.74, 6) is 0. The molecule has 4 nitrogen and oxygen atoms in total. The zero-order valence-corrected chi connectivity index (χ0v) is 14.0. The van der Waals surface area contributed by atoms with Gasteiger partial charge < -0.3 is 11.1 Å². The second-order valence-corrected chi connectivity index (χ2v) is 4.88. The minimum Gasteiger partial charge on any atom is -0.388 e. The molecule has 0 atom stereocenters. The van der Waals surface area contributed by atoms with Gasteiger partial charge in [0.25, 0.3) is 0 Å². The van der Waals surface area contributed by atoms with E-state index in [1.807, 2.05) is 55.8 Å². The number of nitrogens with two attached hydrogens (primary N) is 1. The summed E-state index contributed by atoms with van der Waals surface area (Å²) in [5, 5.41) is 6.71. The molecule has 0 aliphatic carbocycles. The average molecular weight is 318 g/mol. The monoisotopic (exact) mass is 318 g/mol. The van der Waals surface area contributed by atoms with E-state index in [2.05, 4.69) is 45.3 Å². The Balaban J connectivity index is 0.000000160. The molecular weight excluding hydrogens is 296 g/mol. The minimum atomic E-state index is 1.04. The molecule has 0 bridgehead atoms. The predicted octanol–water partition coefficient (Wildman–Crippen LogP) is 4.09. The minimum absolute atomic E-state index is 1.04. The van der Waals surface area contributed by atoms with Gasteiger partial charge in [-0.05, 0) is 48.2 Å². The number of benzene rings is 2. The van der Waals surface area contributed by atoms with Crippen LogP contribution in [0.5, 0.6) is 0 Å². The Morgan fingerprint density at radius 2 is 1.54 bits per heavy atom. The van der Waals surface area contributed by atoms with E-state index in [9.17, 15) is 0 Å². The van der Waals surface area contributed by atoms with Crippen LogP contribution in [-0.2, 0) is 0 Å². The van der Waals surface area contributed by atoms with Gasteiger partial charge in [0.1, 0.15) is 0 Å². The van der Waals surface area contributed by atoms with Gasteiger partial charge >= 0.3 is 0 Å². The van der Waals surface area contributed by atoms with Gasteiger partial charge in [0.05, 0.1) is 5.52 Å². The largest absolute Gasteiger partial charge is 0.388 e. The lowest BCUT2D eigenvalue weighted by Crippen LogP contribution is -1.87. The molecule has 4 aromatic rings. The first-order chi connectivity index (χ1) is 11.9. The van der Waals surface area contributed by atoms with Crippen molar-refractivity contribution in [3.8, 4) is 0 Å². The van der Waals surface area contributed by atoms with Crippen LogP contribution in [-0.4, -0.2) is 24.1 Å². The molecule has 0 spiro atoms. The quantitative estimate of drug-likeness (QED) is 0.555. The van der Waals surface area contributed by atoms with Crippen molar-refractivity contribution in [2.24, 2.45) is 5.73 Å². The van der Waals surface area contributed by atoms with Crippen LogP contribution in [0.4, 0.5) is 5.69 Å². The number of nitrogens with one attached hydrogen (secondary N) is 1. The van der Waals surface area contributed by atoms with Crippen molar-refractivity contribution in [1.82, 2.24) is 9.97 Å². The van der Waals surface area contributed by atoms with Gasteiger partial charge in [0.2, 0.25) is 0 Å². The molecule has 0 aliphatic rings. The highest BCUT2D eigenvalue weighted by atomic mass is 14.8. The number of hydrogen-bond donors (Lipinski definition) is 2. The van der Waals surface area contributed by atoms with E-state index in [4.69, 9.17) is 0 Å². The van der Waals surface area contributed by atoms with Gasteiger partial charge in [-0.15, -0.1) is 0 Å². The normalized spacial score (nSPS) is 9.46. The molecule has 122 valence electrons. The number of pyridine rings is 2. The molecule has 4 heteroatoms. The molecule has 2 heterocycles. The number of rotatable bonds is 1. The summed E-state index contributed by atoms with van der Waals surface area (Å²) in [6.07, 6.45) is 5.49. The molecule has 0 radical (unpaired) electrons. The third-order valence-electron chi connectivity index (χ3n) is 3.44. The Hall–Kier alpha value is -2.98. The number of nitrogens with zero attached hydrogens (tertiary/aromatic N) is 2. The number of anilines is 1. The lowest BCUT2D eigenvalue weighted by molar-refractivity contribution is 1.36. The van der Waals surface area contributed by atoms with Crippen molar-refractivity contribution in [2.45, 2.75) is 0 Å². The Morgan fingerprint density at radius 1 is 0.792 bits per heavy atom. The van der Waals surface area contributed by atoms with E-state index in [1.54, 1.807) is 6.20 Å². The highest BCUT2D eigenvalue weighted by Gasteiger charge is 1.93. The molecular formula is C20H22N4. The Morgan fingerprint density at radius 3 is 2.29 bits per heavy atom. The fourth-order valence-electron chi connectivity index (χ4n) is 2.26. The van der Waals surface area contributed by atoms with Gasteiger partial charge in [-0.2, -0.15) is 0 Å². The smallest absolute Gasteiger partial charge is 0.0703 e. The van der Waals surface area contributed by atoms with Gasteiger partial charge in [0, 0.05) is 36.7 Å². The van der Waals surface area contributed by atoms with Crippen LogP contribution in [0.3, 0.4) is 0 Å². The Bertz CT molecular complexity index is 825. The summed E-state index contributed by atoms with van der Waals surface area (Å²) < 4.78 is 0. The van der Waals surface area contributed by atoms with E-state index in [1.165, 1.54) is 23.2 Å². The number of hydrogen-bond acceptors (Lipinski definition) is 4. The van der Waals surface area contributed by atoms with Crippen molar-refractivity contribution in [3.05, 3.63) is 79.3 Å². The second kappa shape index (κ2) is 9.22. The van der Waals surface area contributed by atoms with Crippen LogP contribution in [0.15, 0.2) is 79.3 Å². The Kier molecular flexibility index (Phi) is 6.68. The summed E-state index contributed by atoms with van der Waals surface area (Å²) in [5.41, 5.74) is 6.66. The fourth-order valence-corrected chi connectivity index (χ4v) is 2.26. The maximum atomic E-state index is 4.50. The first-order valence-electron chi connectivity index (χ1n) is 7.76. The van der Waals surface area contributed by atoms with E-state index in [0.717, 1.165) is 11.2 Å². The second-order valence-electron chi connectivity index (χ2n) is 4.88. The zero-order valence-electron chi connectivity index (χ0n) is 14.0. The summed E-state index contributed by atoms with van der Waals surface area (Å²) in [4.78, 5) is 8.24. The molecule has 0 saturated heterocycles. The number of fused-ring (bicyclic) bond motifs is 2. The van der Waals surface area contributed by atoms with Gasteiger partial charge in [-0.25, -0.2) is 0 Å². The van der Waals surface area contributed by atoms with Crippen LogP contribution >= 0.6 is 0 Å². The lowest BCUT2D eigenvalue weighted by atomic mass is 10.2. The Labute approximate surface area is 142 Å². The van der Waals surface area contributed by atoms with Crippen molar-refractivity contribution < 1.29 is 0 Å². The first kappa shape index (κ1) is 17.4. The lowest BCUT2D eigenvalue weighted by Gasteiger charge is -2.00. The molecule has 24 heavy (non-hydrogen) atoms. The van der Waals surface area contributed by atoms with Gasteiger partial charge in [-0.1, -0.05) is 30.3 Å². The average Bonchev–Trinajstić information content (AvgIpc) is 2.69. The molecule has 0 amide bonds. The van der Waals surface area contributed by atoms with Crippen LogP contribution in [0.25, 0.3) is 21.7 Å². The third-order valence-corrected chi connectivity index (χ3v) is 3.44. The molecule has 4 rings (SSSR count).